The smallest absolute Gasteiger partial charge is 0.336 e. The molecule has 0 aromatic rings. The fraction of sp³-hybridized carbons (Fsp3) is 0.912. The predicted molar refractivity (Wildman–Crippen MR) is 160 cm³/mol. The first kappa shape index (κ1) is 33.3. The minimum atomic E-state index is -1.58. The maximum absolute atomic E-state index is 12.6. The zero-order valence-electron chi connectivity index (χ0n) is 27.2. The van der Waals surface area contributed by atoms with E-state index < -0.39 is 72.6 Å². The summed E-state index contributed by atoms with van der Waals surface area (Å²) < 4.78 is 23.9. The van der Waals surface area contributed by atoms with Crippen molar-refractivity contribution in [3.63, 3.8) is 0 Å². The number of epoxide rings is 1. The van der Waals surface area contributed by atoms with E-state index in [9.17, 15) is 40.5 Å². The standard InChI is InChI=1S/C34H52O12/c1-14-9-21(44-30(41)17(14)12-35)15(2)18-5-6-19-24-20(7-8-32(18,19)3)33(4)23(37)10-16(11-34(33,42)29-28(24)46-29)43-31-27(40)26(39)25(38)22(13-36)45-31/h15-16,18-29,31,35-40,42H,5-13H2,1-4H3/t15-,16-,18+,19-,20-,21+,22+,23-,24-,25+,26-,27+,28-,29-,31+,32+,33-,34-/m0/s1. The predicted octanol–water partition coefficient (Wildman–Crippen LogP) is 0.164. The van der Waals surface area contributed by atoms with E-state index in [1.54, 1.807) is 0 Å². The molecule has 3 heterocycles. The van der Waals surface area contributed by atoms with Gasteiger partial charge in [0.05, 0.1) is 37.1 Å². The third-order valence-electron chi connectivity index (χ3n) is 14.3. The molecule has 12 nitrogen and oxygen atoms in total. The van der Waals surface area contributed by atoms with Gasteiger partial charge in [-0.3, -0.25) is 0 Å². The summed E-state index contributed by atoms with van der Waals surface area (Å²) in [5, 5.41) is 74.5. The summed E-state index contributed by atoms with van der Waals surface area (Å²) in [7, 11) is 0. The van der Waals surface area contributed by atoms with Gasteiger partial charge in [-0.25, -0.2) is 4.79 Å². The number of cyclic esters (lactones) is 1. The van der Waals surface area contributed by atoms with Crippen molar-refractivity contribution in [1.29, 1.82) is 0 Å². The van der Waals surface area contributed by atoms with Crippen LogP contribution in [0.3, 0.4) is 0 Å². The molecule has 260 valence electrons. The summed E-state index contributed by atoms with van der Waals surface area (Å²) in [6, 6.07) is 0. The average Bonchev–Trinajstić information content (AvgIpc) is 3.74. The summed E-state index contributed by atoms with van der Waals surface area (Å²) in [4.78, 5) is 12.6. The third kappa shape index (κ3) is 4.58. The van der Waals surface area contributed by atoms with Crippen molar-refractivity contribution in [2.24, 2.45) is 40.4 Å². The largest absolute Gasteiger partial charge is 0.458 e. The molecule has 4 saturated carbocycles. The number of fused-ring (bicyclic) bond motifs is 8. The Morgan fingerprint density at radius 3 is 2.41 bits per heavy atom. The first-order valence-corrected chi connectivity index (χ1v) is 17.2. The summed E-state index contributed by atoms with van der Waals surface area (Å²) >= 11 is 0. The maximum atomic E-state index is 12.6. The first-order chi connectivity index (χ1) is 21.7. The highest BCUT2D eigenvalue weighted by Gasteiger charge is 2.78. The molecular formula is C34H52O12. The third-order valence-corrected chi connectivity index (χ3v) is 14.3. The Kier molecular flexibility index (Phi) is 8.28. The second-order valence-corrected chi connectivity index (χ2v) is 16.1. The van der Waals surface area contributed by atoms with Gasteiger partial charge in [0.15, 0.2) is 6.29 Å². The number of esters is 1. The molecule has 2 saturated heterocycles. The van der Waals surface area contributed by atoms with E-state index in [1.807, 2.05) is 13.8 Å². The molecular weight excluding hydrogens is 600 g/mol. The van der Waals surface area contributed by atoms with Crippen molar-refractivity contribution in [2.75, 3.05) is 13.2 Å². The summed E-state index contributed by atoms with van der Waals surface area (Å²) in [6.07, 6.45) is -4.92. The molecule has 0 aromatic carbocycles. The Hall–Kier alpha value is -1.19. The number of aliphatic hydroxyl groups excluding tert-OH is 6. The van der Waals surface area contributed by atoms with Crippen LogP contribution in [0.25, 0.3) is 0 Å². The van der Waals surface area contributed by atoms with Crippen molar-refractivity contribution in [2.45, 2.75) is 139 Å². The van der Waals surface area contributed by atoms with Gasteiger partial charge < -0.3 is 54.7 Å². The quantitative estimate of drug-likeness (QED) is 0.117. The Morgan fingerprint density at radius 1 is 1.00 bits per heavy atom. The van der Waals surface area contributed by atoms with Crippen molar-refractivity contribution in [3.8, 4) is 0 Å². The van der Waals surface area contributed by atoms with Crippen LogP contribution in [0.5, 0.6) is 0 Å². The van der Waals surface area contributed by atoms with Crippen LogP contribution in [0, 0.1) is 40.4 Å². The van der Waals surface area contributed by atoms with Gasteiger partial charge in [0.2, 0.25) is 0 Å². The van der Waals surface area contributed by atoms with Crippen molar-refractivity contribution < 1.29 is 59.5 Å². The van der Waals surface area contributed by atoms with Crippen LogP contribution in [-0.4, -0.2) is 122 Å². The SMILES string of the molecule is CC1=C(CO)C(=O)O[C@@H]([C@@H](C)[C@H]2CC[C@H]3[C@@H]4[C@@H]5O[C@@H]5[C@@]5(O)C[C@@H](O[C@@H]6O[C@H](CO)[C@@H](O)[C@H](O)[C@H]6O)C[C@H](O)[C@]5(C)[C@H]4CC[C@]23C)C1. The van der Waals surface area contributed by atoms with Gasteiger partial charge in [-0.2, -0.15) is 0 Å². The van der Waals surface area contributed by atoms with Gasteiger partial charge in [-0.1, -0.05) is 26.3 Å². The molecule has 6 fully saturated rings. The lowest BCUT2D eigenvalue weighted by Crippen LogP contribution is -2.71. The van der Waals surface area contributed by atoms with E-state index >= 15 is 0 Å². The molecule has 4 aliphatic carbocycles. The van der Waals surface area contributed by atoms with Crippen molar-refractivity contribution in [1.82, 2.24) is 0 Å². The lowest BCUT2D eigenvalue weighted by molar-refractivity contribution is -0.329. The molecule has 12 heteroatoms. The molecule has 7 aliphatic rings. The Labute approximate surface area is 269 Å². The molecule has 7 rings (SSSR count). The number of hydrogen-bond donors (Lipinski definition) is 7. The maximum Gasteiger partial charge on any atom is 0.336 e. The number of ether oxygens (including phenoxy) is 4. The molecule has 7 N–H and O–H groups in total. The summed E-state index contributed by atoms with van der Waals surface area (Å²) in [5.74, 6) is 0.563. The Balaban J connectivity index is 1.09. The normalized spacial score (nSPS) is 55.5. The molecule has 3 aliphatic heterocycles. The number of hydrogen-bond acceptors (Lipinski definition) is 12. The molecule has 0 aromatic heterocycles. The fourth-order valence-electron chi connectivity index (χ4n) is 11.6. The zero-order valence-corrected chi connectivity index (χ0v) is 27.2. The van der Waals surface area contributed by atoms with Gasteiger partial charge in [-0.05, 0) is 67.6 Å². The van der Waals surface area contributed by atoms with E-state index in [0.717, 1.165) is 31.3 Å². The highest BCUT2D eigenvalue weighted by atomic mass is 16.7. The summed E-state index contributed by atoms with van der Waals surface area (Å²) in [6.45, 7) is 7.57. The van der Waals surface area contributed by atoms with Gasteiger partial charge in [-0.15, -0.1) is 0 Å². The molecule has 0 bridgehead atoms. The van der Waals surface area contributed by atoms with Crippen LogP contribution in [0.1, 0.15) is 72.6 Å². The lowest BCUT2D eigenvalue weighted by atomic mass is 9.42. The van der Waals surface area contributed by atoms with E-state index in [1.165, 1.54) is 0 Å². The highest BCUT2D eigenvalue weighted by molar-refractivity contribution is 5.90. The Bertz CT molecular complexity index is 1240. The van der Waals surface area contributed by atoms with E-state index in [4.69, 9.17) is 18.9 Å². The lowest BCUT2D eigenvalue weighted by Gasteiger charge is -2.64. The van der Waals surface area contributed by atoms with Crippen LogP contribution < -0.4 is 0 Å². The fourth-order valence-corrected chi connectivity index (χ4v) is 11.6. The second-order valence-electron chi connectivity index (χ2n) is 16.1. The van der Waals surface area contributed by atoms with Gasteiger partial charge in [0.1, 0.15) is 42.2 Å². The van der Waals surface area contributed by atoms with E-state index in [0.29, 0.717) is 23.8 Å². The van der Waals surface area contributed by atoms with Crippen LogP contribution in [0.2, 0.25) is 0 Å². The monoisotopic (exact) mass is 652 g/mol. The second kappa shape index (κ2) is 11.4. The van der Waals surface area contributed by atoms with Crippen LogP contribution in [0.15, 0.2) is 11.1 Å². The number of aliphatic hydroxyl groups is 7. The van der Waals surface area contributed by atoms with Crippen LogP contribution >= 0.6 is 0 Å². The van der Waals surface area contributed by atoms with Gasteiger partial charge >= 0.3 is 5.97 Å². The minimum Gasteiger partial charge on any atom is -0.458 e. The van der Waals surface area contributed by atoms with E-state index in [-0.39, 0.29) is 54.8 Å². The molecule has 46 heavy (non-hydrogen) atoms. The average molecular weight is 653 g/mol. The highest BCUT2D eigenvalue weighted by Crippen LogP contribution is 2.73. The summed E-state index contributed by atoms with van der Waals surface area (Å²) in [5.41, 5.74) is -1.01. The number of carbonyl (C=O) groups is 1. The van der Waals surface area contributed by atoms with E-state index in [2.05, 4.69) is 13.8 Å². The van der Waals surface area contributed by atoms with Crippen molar-refractivity contribution in [3.05, 3.63) is 11.1 Å². The van der Waals surface area contributed by atoms with Gasteiger partial charge in [0, 0.05) is 24.7 Å². The molecule has 18 atom stereocenters. The minimum absolute atomic E-state index is 0.0152. The first-order valence-electron chi connectivity index (χ1n) is 17.2. The van der Waals surface area contributed by atoms with Crippen LogP contribution in [-0.2, 0) is 23.7 Å². The topological polar surface area (TPSA) is 199 Å². The number of rotatable bonds is 6. The molecule has 0 unspecified atom stereocenters. The van der Waals surface area contributed by atoms with Gasteiger partial charge in [0.25, 0.3) is 0 Å². The van der Waals surface area contributed by atoms with Crippen LogP contribution in [0.4, 0.5) is 0 Å². The molecule has 0 amide bonds. The molecule has 0 radical (unpaired) electrons. The zero-order chi connectivity index (χ0) is 33.1. The Morgan fingerprint density at radius 2 is 1.74 bits per heavy atom. The number of carbonyl (C=O) groups excluding carboxylic acids is 1. The molecule has 0 spiro atoms. The van der Waals surface area contributed by atoms with Crippen molar-refractivity contribution >= 4 is 5.97 Å².